The highest BCUT2D eigenvalue weighted by Crippen LogP contribution is 2.27. The third-order valence-electron chi connectivity index (χ3n) is 2.62. The van der Waals surface area contributed by atoms with Crippen LogP contribution in [0.15, 0.2) is 50.4 Å². The third kappa shape index (κ3) is 3.05. The summed E-state index contributed by atoms with van der Waals surface area (Å²) in [6, 6.07) is 11.9. The molecule has 2 aromatic heterocycles. The molecule has 3 N–H and O–H groups in total. The normalized spacial score (nSPS) is 10.8. The molecule has 20 heavy (non-hydrogen) atoms. The van der Waals surface area contributed by atoms with Crippen LogP contribution in [0.1, 0.15) is 5.76 Å². The minimum Gasteiger partial charge on any atom is -0.460 e. The molecule has 0 aliphatic rings. The van der Waals surface area contributed by atoms with Crippen LogP contribution in [0.25, 0.3) is 11.3 Å². The average Bonchev–Trinajstić information content (AvgIpc) is 3.06. The summed E-state index contributed by atoms with van der Waals surface area (Å²) >= 11 is 4.89. The maximum absolute atomic E-state index is 5.80. The zero-order valence-corrected chi connectivity index (χ0v) is 12.7. The lowest BCUT2D eigenvalue weighted by molar-refractivity contribution is 0.544. The third-order valence-corrected chi connectivity index (χ3v) is 4.01. The molecule has 0 aliphatic carbocycles. The minimum atomic E-state index is 0.322. The van der Waals surface area contributed by atoms with Gasteiger partial charge in [-0.25, -0.2) is 5.10 Å². The van der Waals surface area contributed by atoms with Crippen LogP contribution in [-0.4, -0.2) is 15.2 Å². The number of anilines is 1. The van der Waals surface area contributed by atoms with Crippen LogP contribution >= 0.6 is 27.7 Å². The Morgan fingerprint density at radius 3 is 2.70 bits per heavy atom. The topological polar surface area (TPSA) is 80.7 Å². The molecule has 3 rings (SSSR count). The lowest BCUT2D eigenvalue weighted by atomic mass is 10.2. The molecule has 5 nitrogen and oxygen atoms in total. The van der Waals surface area contributed by atoms with E-state index in [1.54, 1.807) is 0 Å². The van der Waals surface area contributed by atoms with E-state index in [4.69, 9.17) is 10.2 Å². The molecule has 0 spiro atoms. The Morgan fingerprint density at radius 2 is 2.00 bits per heavy atom. The molecule has 0 radical (unpaired) electrons. The molecule has 0 fully saturated rings. The van der Waals surface area contributed by atoms with Gasteiger partial charge in [0.2, 0.25) is 11.1 Å². The van der Waals surface area contributed by atoms with Crippen molar-refractivity contribution in [1.82, 2.24) is 15.2 Å². The van der Waals surface area contributed by atoms with Crippen molar-refractivity contribution >= 4 is 33.6 Å². The van der Waals surface area contributed by atoms with Crippen LogP contribution in [0.4, 0.5) is 5.95 Å². The van der Waals surface area contributed by atoms with Gasteiger partial charge in [0.05, 0.1) is 5.75 Å². The van der Waals surface area contributed by atoms with Crippen LogP contribution < -0.4 is 5.73 Å². The van der Waals surface area contributed by atoms with Gasteiger partial charge in [-0.3, -0.25) is 0 Å². The molecule has 0 atom stereocenters. The summed E-state index contributed by atoms with van der Waals surface area (Å²) in [4.78, 5) is 4.03. The highest BCUT2D eigenvalue weighted by atomic mass is 79.9. The van der Waals surface area contributed by atoms with Crippen LogP contribution in [0.5, 0.6) is 0 Å². The first-order valence-corrected chi connectivity index (χ1v) is 7.64. The van der Waals surface area contributed by atoms with E-state index in [9.17, 15) is 0 Å². The highest BCUT2D eigenvalue weighted by molar-refractivity contribution is 9.10. The molecule has 0 saturated heterocycles. The predicted octanol–water partition coefficient (Wildman–Crippen LogP) is 3.70. The van der Waals surface area contributed by atoms with Crippen molar-refractivity contribution in [3.05, 3.63) is 46.6 Å². The van der Waals surface area contributed by atoms with Gasteiger partial charge in [-0.1, -0.05) is 39.8 Å². The van der Waals surface area contributed by atoms with Gasteiger partial charge in [0.15, 0.2) is 0 Å². The Morgan fingerprint density at radius 1 is 1.20 bits per heavy atom. The van der Waals surface area contributed by atoms with E-state index in [0.29, 0.717) is 16.9 Å². The highest BCUT2D eigenvalue weighted by Gasteiger charge is 2.07. The molecule has 102 valence electrons. The van der Waals surface area contributed by atoms with Gasteiger partial charge < -0.3 is 10.2 Å². The van der Waals surface area contributed by atoms with Crippen LogP contribution in [0.3, 0.4) is 0 Å². The molecule has 2 heterocycles. The summed E-state index contributed by atoms with van der Waals surface area (Å²) in [7, 11) is 0. The van der Waals surface area contributed by atoms with Gasteiger partial charge in [-0.15, -0.1) is 5.10 Å². The number of aromatic nitrogens is 3. The van der Waals surface area contributed by atoms with Gasteiger partial charge in [0, 0.05) is 10.0 Å². The summed E-state index contributed by atoms with van der Waals surface area (Å²) in [6.45, 7) is 0. The Labute approximate surface area is 128 Å². The van der Waals surface area contributed by atoms with E-state index >= 15 is 0 Å². The monoisotopic (exact) mass is 350 g/mol. The number of halogens is 1. The quantitative estimate of drug-likeness (QED) is 0.701. The maximum Gasteiger partial charge on any atom is 0.216 e. The van der Waals surface area contributed by atoms with Crippen molar-refractivity contribution in [3.8, 4) is 11.3 Å². The number of benzene rings is 1. The molecular weight excluding hydrogens is 340 g/mol. The number of rotatable bonds is 4. The van der Waals surface area contributed by atoms with E-state index in [0.717, 1.165) is 21.6 Å². The molecule has 0 bridgehead atoms. The lowest BCUT2D eigenvalue weighted by Gasteiger charge is -1.97. The average molecular weight is 351 g/mol. The Balaban J connectivity index is 1.69. The number of H-pyrrole nitrogens is 1. The van der Waals surface area contributed by atoms with Crippen molar-refractivity contribution in [2.24, 2.45) is 0 Å². The number of hydrogen-bond acceptors (Lipinski definition) is 5. The van der Waals surface area contributed by atoms with Crippen molar-refractivity contribution in [2.45, 2.75) is 10.9 Å². The van der Waals surface area contributed by atoms with Crippen LogP contribution in [-0.2, 0) is 5.75 Å². The van der Waals surface area contributed by atoms with Crippen molar-refractivity contribution in [3.63, 3.8) is 0 Å². The summed E-state index contributed by atoms with van der Waals surface area (Å²) in [5, 5.41) is 7.18. The van der Waals surface area contributed by atoms with E-state index < -0.39 is 0 Å². The second kappa shape index (κ2) is 5.72. The fourth-order valence-corrected chi connectivity index (χ4v) is 2.65. The van der Waals surface area contributed by atoms with E-state index in [2.05, 4.69) is 31.1 Å². The van der Waals surface area contributed by atoms with Gasteiger partial charge in [-0.05, 0) is 24.3 Å². The predicted molar refractivity (Wildman–Crippen MR) is 82.2 cm³/mol. The first-order valence-electron chi connectivity index (χ1n) is 5.86. The summed E-state index contributed by atoms with van der Waals surface area (Å²) in [5.41, 5.74) is 6.52. The lowest BCUT2D eigenvalue weighted by Crippen LogP contribution is -1.85. The number of furan rings is 1. The SMILES string of the molecule is Nc1nc(SCc2ccc(-c3ccc(Br)cc3)o2)n[nH]1. The Bertz CT molecular complexity index is 707. The summed E-state index contributed by atoms with van der Waals surface area (Å²) in [5.74, 6) is 2.70. The van der Waals surface area contributed by atoms with Crippen LogP contribution in [0.2, 0.25) is 0 Å². The maximum atomic E-state index is 5.80. The number of thioether (sulfide) groups is 1. The summed E-state index contributed by atoms with van der Waals surface area (Å²) in [6.07, 6.45) is 0. The van der Waals surface area contributed by atoms with Crippen LogP contribution in [0, 0.1) is 0 Å². The van der Waals surface area contributed by atoms with Gasteiger partial charge in [0.1, 0.15) is 11.5 Å². The summed E-state index contributed by atoms with van der Waals surface area (Å²) < 4.78 is 6.85. The molecular formula is C13H11BrN4OS. The first kappa shape index (κ1) is 13.3. The molecule has 1 aromatic carbocycles. The second-order valence-electron chi connectivity index (χ2n) is 4.06. The van der Waals surface area contributed by atoms with E-state index in [-0.39, 0.29) is 0 Å². The van der Waals surface area contributed by atoms with Crippen molar-refractivity contribution in [1.29, 1.82) is 0 Å². The fraction of sp³-hybridized carbons (Fsp3) is 0.0769. The largest absolute Gasteiger partial charge is 0.460 e. The molecule has 0 aliphatic heterocycles. The number of hydrogen-bond donors (Lipinski definition) is 2. The zero-order valence-electron chi connectivity index (χ0n) is 10.3. The fourth-order valence-electron chi connectivity index (χ4n) is 1.68. The van der Waals surface area contributed by atoms with E-state index in [1.807, 2.05) is 36.4 Å². The first-order chi connectivity index (χ1) is 9.70. The molecule has 0 saturated carbocycles. The molecule has 0 unspecified atom stereocenters. The Kier molecular flexibility index (Phi) is 3.79. The Hall–Kier alpha value is -1.73. The van der Waals surface area contributed by atoms with Crippen molar-refractivity contribution < 1.29 is 4.42 Å². The number of nitrogens with two attached hydrogens (primary N) is 1. The van der Waals surface area contributed by atoms with Crippen molar-refractivity contribution in [2.75, 3.05) is 5.73 Å². The number of aromatic amines is 1. The number of nitrogens with zero attached hydrogens (tertiary/aromatic N) is 2. The standard InChI is InChI=1S/C13H11BrN4OS/c14-9-3-1-8(2-4-9)11-6-5-10(19-11)7-20-13-16-12(15)17-18-13/h1-6H,7H2,(H3,15,16,17,18). The molecule has 3 aromatic rings. The number of nitrogen functional groups attached to an aromatic ring is 1. The number of nitrogens with one attached hydrogen (secondary N) is 1. The van der Waals surface area contributed by atoms with E-state index in [1.165, 1.54) is 11.8 Å². The molecule has 7 heteroatoms. The van der Waals surface area contributed by atoms with Gasteiger partial charge >= 0.3 is 0 Å². The van der Waals surface area contributed by atoms with Gasteiger partial charge in [-0.2, -0.15) is 4.98 Å². The van der Waals surface area contributed by atoms with Gasteiger partial charge in [0.25, 0.3) is 0 Å². The minimum absolute atomic E-state index is 0.322. The zero-order chi connectivity index (χ0) is 13.9. The smallest absolute Gasteiger partial charge is 0.216 e. The molecule has 0 amide bonds. The second-order valence-corrected chi connectivity index (χ2v) is 5.92.